The van der Waals surface area contributed by atoms with Crippen LogP contribution in [0.1, 0.15) is 48.1 Å². The van der Waals surface area contributed by atoms with Crippen LogP contribution < -0.4 is 0 Å². The van der Waals surface area contributed by atoms with Crippen molar-refractivity contribution in [2.45, 2.75) is 44.6 Å². The summed E-state index contributed by atoms with van der Waals surface area (Å²) in [6.45, 7) is 1.78. The van der Waals surface area contributed by atoms with Gasteiger partial charge in [0.2, 0.25) is 0 Å². The molecule has 0 spiro atoms. The van der Waals surface area contributed by atoms with Crippen LogP contribution in [-0.4, -0.2) is 25.6 Å². The summed E-state index contributed by atoms with van der Waals surface area (Å²) in [6, 6.07) is 8.00. The van der Waals surface area contributed by atoms with E-state index in [0.29, 0.717) is 57.6 Å². The Morgan fingerprint density at radius 3 is 2.86 bits per heavy atom. The van der Waals surface area contributed by atoms with Crippen molar-refractivity contribution in [3.05, 3.63) is 53.3 Å². The molecule has 6 nitrogen and oxygen atoms in total. The summed E-state index contributed by atoms with van der Waals surface area (Å²) in [7, 11) is 0. The van der Waals surface area contributed by atoms with Crippen LogP contribution in [0.2, 0.25) is 0 Å². The molecule has 29 heavy (non-hydrogen) atoms. The Hall–Kier alpha value is -3.34. The highest BCUT2D eigenvalue weighted by Crippen LogP contribution is 2.46. The molecule has 1 aliphatic rings. The fourth-order valence-electron chi connectivity index (χ4n) is 4.25. The molecule has 1 saturated carbocycles. The first kappa shape index (κ1) is 17.7. The zero-order valence-electron chi connectivity index (χ0n) is 15.7. The van der Waals surface area contributed by atoms with E-state index < -0.39 is 12.0 Å². The SMILES string of the molecule is Cc1cc(Cc2nc3cnc4ccc(C#N)cc4c3n2C2CCCC2(F)F)no1. The largest absolute Gasteiger partial charge is 0.361 e. The van der Waals surface area contributed by atoms with Gasteiger partial charge in [0.05, 0.1) is 47.0 Å². The molecule has 0 N–H and O–H groups in total. The maximum Gasteiger partial charge on any atom is 0.268 e. The molecule has 1 unspecified atom stereocenters. The molecule has 4 aromatic rings. The molecule has 3 aromatic heterocycles. The van der Waals surface area contributed by atoms with Crippen molar-refractivity contribution in [1.82, 2.24) is 19.7 Å². The molecular formula is C21H17F2N5O. The summed E-state index contributed by atoms with van der Waals surface area (Å²) in [4.78, 5) is 9.04. The van der Waals surface area contributed by atoms with Gasteiger partial charge in [-0.1, -0.05) is 5.16 Å². The van der Waals surface area contributed by atoms with Gasteiger partial charge in [-0.05, 0) is 38.0 Å². The van der Waals surface area contributed by atoms with Crippen molar-refractivity contribution in [3.63, 3.8) is 0 Å². The fourth-order valence-corrected chi connectivity index (χ4v) is 4.25. The molecule has 0 bridgehead atoms. The van der Waals surface area contributed by atoms with E-state index in [1.54, 1.807) is 42.0 Å². The number of nitriles is 1. The highest BCUT2D eigenvalue weighted by Gasteiger charge is 2.46. The second-order valence-corrected chi connectivity index (χ2v) is 7.51. The Morgan fingerprint density at radius 2 is 2.17 bits per heavy atom. The predicted molar refractivity (Wildman–Crippen MR) is 102 cm³/mol. The van der Waals surface area contributed by atoms with Crippen LogP contribution in [-0.2, 0) is 6.42 Å². The maximum atomic E-state index is 14.8. The summed E-state index contributed by atoms with van der Waals surface area (Å²) in [5.74, 6) is -1.68. The molecule has 1 atom stereocenters. The number of hydrogen-bond acceptors (Lipinski definition) is 5. The summed E-state index contributed by atoms with van der Waals surface area (Å²) >= 11 is 0. The molecule has 5 rings (SSSR count). The zero-order chi connectivity index (χ0) is 20.2. The summed E-state index contributed by atoms with van der Waals surface area (Å²) in [6.07, 6.45) is 2.55. The smallest absolute Gasteiger partial charge is 0.268 e. The second kappa shape index (κ2) is 6.34. The fraction of sp³-hybridized carbons (Fsp3) is 0.333. The summed E-state index contributed by atoms with van der Waals surface area (Å²) in [5.41, 5.74) is 2.85. The third-order valence-electron chi connectivity index (χ3n) is 5.52. The van der Waals surface area contributed by atoms with Crippen molar-refractivity contribution < 1.29 is 13.3 Å². The van der Waals surface area contributed by atoms with E-state index >= 15 is 0 Å². The van der Waals surface area contributed by atoms with Crippen LogP contribution in [0.4, 0.5) is 8.78 Å². The molecule has 3 heterocycles. The molecule has 0 saturated heterocycles. The van der Waals surface area contributed by atoms with Crippen molar-refractivity contribution >= 4 is 21.9 Å². The number of imidazole rings is 1. The Bertz CT molecular complexity index is 1280. The number of nitrogens with zero attached hydrogens (tertiary/aromatic N) is 5. The molecule has 0 amide bonds. The molecule has 0 aliphatic heterocycles. The van der Waals surface area contributed by atoms with Crippen LogP contribution in [0.5, 0.6) is 0 Å². The molecule has 146 valence electrons. The van der Waals surface area contributed by atoms with Gasteiger partial charge in [-0.3, -0.25) is 4.98 Å². The highest BCUT2D eigenvalue weighted by molar-refractivity contribution is 6.03. The van der Waals surface area contributed by atoms with E-state index in [9.17, 15) is 14.0 Å². The van der Waals surface area contributed by atoms with Gasteiger partial charge in [0.25, 0.3) is 5.92 Å². The van der Waals surface area contributed by atoms with E-state index in [4.69, 9.17) is 4.52 Å². The van der Waals surface area contributed by atoms with Gasteiger partial charge in [0.1, 0.15) is 17.1 Å². The molecule has 0 radical (unpaired) electrons. The first-order valence-electron chi connectivity index (χ1n) is 9.46. The number of aryl methyl sites for hydroxylation is 1. The van der Waals surface area contributed by atoms with Gasteiger partial charge >= 0.3 is 0 Å². The number of rotatable bonds is 3. The molecule has 8 heteroatoms. The lowest BCUT2D eigenvalue weighted by atomic mass is 10.1. The van der Waals surface area contributed by atoms with Crippen LogP contribution >= 0.6 is 0 Å². The number of pyridine rings is 1. The Kier molecular flexibility index (Phi) is 3.88. The summed E-state index contributed by atoms with van der Waals surface area (Å²) in [5, 5.41) is 14.0. The Balaban J connectivity index is 1.81. The predicted octanol–water partition coefficient (Wildman–Crippen LogP) is 4.70. The standard InChI is InChI=1S/C21H17F2N5O/c1-12-7-14(27-29-12)9-19-26-17-11-25-16-5-4-13(10-24)8-15(16)20(17)28(19)18-3-2-6-21(18,22)23/h4-5,7-8,11,18H,2-3,6,9H2,1H3. The topological polar surface area (TPSA) is 80.5 Å². The normalized spacial score (nSPS) is 18.5. The number of alkyl halides is 2. The lowest BCUT2D eigenvalue weighted by molar-refractivity contribution is -0.0301. The van der Waals surface area contributed by atoms with Gasteiger partial charge < -0.3 is 9.09 Å². The van der Waals surface area contributed by atoms with Crippen LogP contribution in [0.15, 0.2) is 35.0 Å². The van der Waals surface area contributed by atoms with Crippen LogP contribution in [0, 0.1) is 18.3 Å². The van der Waals surface area contributed by atoms with Gasteiger partial charge in [-0.15, -0.1) is 0 Å². The minimum absolute atomic E-state index is 0.147. The van der Waals surface area contributed by atoms with Crippen molar-refractivity contribution in [2.24, 2.45) is 0 Å². The number of fused-ring (bicyclic) bond motifs is 3. The van der Waals surface area contributed by atoms with E-state index in [2.05, 4.69) is 21.2 Å². The van der Waals surface area contributed by atoms with Crippen molar-refractivity contribution in [1.29, 1.82) is 5.26 Å². The van der Waals surface area contributed by atoms with Crippen molar-refractivity contribution in [2.75, 3.05) is 0 Å². The molecule has 1 aromatic carbocycles. The quantitative estimate of drug-likeness (QED) is 0.504. The number of hydrogen-bond donors (Lipinski definition) is 0. The Labute approximate surface area is 164 Å². The first-order valence-corrected chi connectivity index (χ1v) is 9.46. The average Bonchev–Trinajstić information content (AvgIpc) is 3.37. The van der Waals surface area contributed by atoms with Crippen LogP contribution in [0.3, 0.4) is 0 Å². The second-order valence-electron chi connectivity index (χ2n) is 7.51. The maximum absolute atomic E-state index is 14.8. The monoisotopic (exact) mass is 393 g/mol. The molecule has 1 aliphatic carbocycles. The van der Waals surface area contributed by atoms with Gasteiger partial charge in [0.15, 0.2) is 0 Å². The third kappa shape index (κ3) is 2.85. The minimum atomic E-state index is -2.83. The van der Waals surface area contributed by atoms with Gasteiger partial charge in [-0.25, -0.2) is 13.8 Å². The third-order valence-corrected chi connectivity index (χ3v) is 5.52. The lowest BCUT2D eigenvalue weighted by Crippen LogP contribution is -2.26. The van der Waals surface area contributed by atoms with E-state index in [1.807, 2.05) is 0 Å². The number of aromatic nitrogens is 4. The van der Waals surface area contributed by atoms with E-state index in [-0.39, 0.29) is 12.8 Å². The highest BCUT2D eigenvalue weighted by atomic mass is 19.3. The van der Waals surface area contributed by atoms with Crippen molar-refractivity contribution in [3.8, 4) is 6.07 Å². The number of halogens is 2. The minimum Gasteiger partial charge on any atom is -0.361 e. The first-order chi connectivity index (χ1) is 14.0. The Morgan fingerprint density at radius 1 is 1.31 bits per heavy atom. The molecule has 1 fully saturated rings. The van der Waals surface area contributed by atoms with E-state index in [1.165, 1.54) is 0 Å². The molecular weight excluding hydrogens is 376 g/mol. The lowest BCUT2D eigenvalue weighted by Gasteiger charge is -2.23. The van der Waals surface area contributed by atoms with E-state index in [0.717, 1.165) is 0 Å². The summed E-state index contributed by atoms with van der Waals surface area (Å²) < 4.78 is 36.4. The zero-order valence-corrected chi connectivity index (χ0v) is 15.7. The van der Waals surface area contributed by atoms with Crippen LogP contribution in [0.25, 0.3) is 21.9 Å². The van der Waals surface area contributed by atoms with Gasteiger partial charge in [0, 0.05) is 17.9 Å². The van der Waals surface area contributed by atoms with Gasteiger partial charge in [-0.2, -0.15) is 5.26 Å². The number of benzene rings is 1. The average molecular weight is 393 g/mol.